The zero-order valence-corrected chi connectivity index (χ0v) is 21.2. The molecule has 188 valence electrons. The molecule has 2 aromatic carbocycles. The Balaban J connectivity index is 1.25. The molecular formula is C31H31FN4O. The Labute approximate surface area is 216 Å². The van der Waals surface area contributed by atoms with Gasteiger partial charge in [-0.05, 0) is 80.5 Å². The summed E-state index contributed by atoms with van der Waals surface area (Å²) in [7, 11) is 0. The Hall–Kier alpha value is -3.67. The number of anilines is 1. The number of nitrogens with zero attached hydrogens (tertiary/aromatic N) is 4. The first-order valence-corrected chi connectivity index (χ1v) is 13.5. The van der Waals surface area contributed by atoms with Crippen molar-refractivity contribution in [2.24, 2.45) is 0 Å². The number of fused-ring (bicyclic) bond motifs is 2. The molecule has 2 aliphatic heterocycles. The number of benzene rings is 2. The summed E-state index contributed by atoms with van der Waals surface area (Å²) in [5.41, 5.74) is 6.26. The molecule has 1 atom stereocenters. The zero-order chi connectivity index (χ0) is 25.1. The molecule has 1 aliphatic carbocycles. The van der Waals surface area contributed by atoms with Crippen LogP contribution in [0.15, 0.2) is 60.8 Å². The number of carbonyl (C=O) groups excluding carboxylic acids is 1. The van der Waals surface area contributed by atoms with Crippen molar-refractivity contribution in [3.8, 4) is 11.1 Å². The average Bonchev–Trinajstić information content (AvgIpc) is 3.43. The normalized spacial score (nSPS) is 19.5. The number of halogens is 1. The molecular weight excluding hydrogens is 463 g/mol. The third-order valence-electron chi connectivity index (χ3n) is 8.37. The van der Waals surface area contributed by atoms with Gasteiger partial charge in [0.1, 0.15) is 17.3 Å². The summed E-state index contributed by atoms with van der Waals surface area (Å²) in [6.45, 7) is 4.76. The lowest BCUT2D eigenvalue weighted by atomic mass is 9.93. The largest absolute Gasteiger partial charge is 0.371 e. The van der Waals surface area contributed by atoms with Crippen LogP contribution in [-0.4, -0.2) is 39.8 Å². The third kappa shape index (κ3) is 3.90. The molecule has 37 heavy (non-hydrogen) atoms. The second kappa shape index (κ2) is 8.72. The average molecular weight is 495 g/mol. The number of amides is 1. The maximum atomic E-state index is 15.3. The summed E-state index contributed by atoms with van der Waals surface area (Å²) < 4.78 is 17.4. The van der Waals surface area contributed by atoms with Crippen molar-refractivity contribution in [2.45, 2.75) is 51.0 Å². The summed E-state index contributed by atoms with van der Waals surface area (Å²) >= 11 is 0. The first kappa shape index (κ1) is 22.5. The molecule has 0 N–H and O–H groups in total. The van der Waals surface area contributed by atoms with Gasteiger partial charge in [-0.15, -0.1) is 0 Å². The highest BCUT2D eigenvalue weighted by atomic mass is 19.1. The van der Waals surface area contributed by atoms with E-state index in [-0.39, 0.29) is 17.8 Å². The minimum Gasteiger partial charge on any atom is -0.371 e. The van der Waals surface area contributed by atoms with Crippen molar-refractivity contribution in [2.75, 3.05) is 24.5 Å². The van der Waals surface area contributed by atoms with Crippen molar-refractivity contribution >= 4 is 17.1 Å². The standard InChI is InChI=1S/C31H31FN4O/c1-20-26-7-3-2-6-21(26)12-15-35(20)31(37)29-18-25-16-23(19-36(25)30(33-29)22-8-9-22)27-11-10-24(17-28(27)32)34-13-4-5-14-34/h2-3,6-7,10-11,16-20,22H,4-5,8-9,12-15H2,1H3/t20-/m1/s1. The van der Waals surface area contributed by atoms with E-state index in [4.69, 9.17) is 4.98 Å². The van der Waals surface area contributed by atoms with Gasteiger partial charge in [0.25, 0.3) is 5.91 Å². The minimum absolute atomic E-state index is 0.00501. The molecule has 5 nitrogen and oxygen atoms in total. The molecule has 0 unspecified atom stereocenters. The van der Waals surface area contributed by atoms with Gasteiger partial charge in [0, 0.05) is 54.1 Å². The SMILES string of the molecule is C[C@@H]1c2ccccc2CCN1C(=O)c1cc2cc(-c3ccc(N4CCCC4)cc3F)cn2c(C2CC2)n1. The summed E-state index contributed by atoms with van der Waals surface area (Å²) in [6.07, 6.45) is 7.30. The van der Waals surface area contributed by atoms with E-state index in [9.17, 15) is 4.79 Å². The maximum absolute atomic E-state index is 15.3. The molecule has 6 heteroatoms. The van der Waals surface area contributed by atoms with Crippen LogP contribution >= 0.6 is 0 Å². The Bertz CT molecular complexity index is 1520. The quantitative estimate of drug-likeness (QED) is 0.331. The lowest BCUT2D eigenvalue weighted by Gasteiger charge is -2.35. The van der Waals surface area contributed by atoms with Gasteiger partial charge in [-0.1, -0.05) is 24.3 Å². The highest BCUT2D eigenvalue weighted by molar-refractivity contribution is 5.94. The van der Waals surface area contributed by atoms with Crippen LogP contribution in [0.5, 0.6) is 0 Å². The first-order valence-electron chi connectivity index (χ1n) is 13.5. The fourth-order valence-electron chi connectivity index (χ4n) is 6.13. The smallest absolute Gasteiger partial charge is 0.273 e. The van der Waals surface area contributed by atoms with Crippen molar-refractivity contribution in [3.63, 3.8) is 0 Å². The van der Waals surface area contributed by atoms with Gasteiger partial charge >= 0.3 is 0 Å². The van der Waals surface area contributed by atoms with Gasteiger partial charge in [0.15, 0.2) is 0 Å². The number of aromatic nitrogens is 2. The molecule has 3 aliphatic rings. The summed E-state index contributed by atoms with van der Waals surface area (Å²) in [4.78, 5) is 22.8. The van der Waals surface area contributed by atoms with E-state index in [0.717, 1.165) is 67.8 Å². The van der Waals surface area contributed by atoms with E-state index in [1.54, 1.807) is 6.07 Å². The van der Waals surface area contributed by atoms with E-state index in [0.29, 0.717) is 23.7 Å². The van der Waals surface area contributed by atoms with Gasteiger partial charge < -0.3 is 14.2 Å². The van der Waals surface area contributed by atoms with Crippen LogP contribution in [0.2, 0.25) is 0 Å². The zero-order valence-electron chi connectivity index (χ0n) is 21.2. The van der Waals surface area contributed by atoms with Gasteiger partial charge in [0.2, 0.25) is 0 Å². The van der Waals surface area contributed by atoms with Crippen LogP contribution in [-0.2, 0) is 6.42 Å². The summed E-state index contributed by atoms with van der Waals surface area (Å²) in [6, 6.07) is 17.8. The summed E-state index contributed by atoms with van der Waals surface area (Å²) in [5.74, 6) is 1.01. The lowest BCUT2D eigenvalue weighted by molar-refractivity contribution is 0.0671. The summed E-state index contributed by atoms with van der Waals surface area (Å²) in [5, 5.41) is 0. The second-order valence-electron chi connectivity index (χ2n) is 10.8. The minimum atomic E-state index is -0.210. The Morgan fingerprint density at radius 1 is 1.00 bits per heavy atom. The molecule has 0 bridgehead atoms. The van der Waals surface area contributed by atoms with Gasteiger partial charge in [-0.3, -0.25) is 4.79 Å². The highest BCUT2D eigenvalue weighted by Gasteiger charge is 2.32. The predicted molar refractivity (Wildman–Crippen MR) is 144 cm³/mol. The lowest BCUT2D eigenvalue weighted by Crippen LogP contribution is -2.39. The van der Waals surface area contributed by atoms with Crippen LogP contribution in [0.4, 0.5) is 10.1 Å². The van der Waals surface area contributed by atoms with Crippen molar-refractivity contribution in [3.05, 3.63) is 89.3 Å². The van der Waals surface area contributed by atoms with E-state index < -0.39 is 0 Å². The van der Waals surface area contributed by atoms with Crippen LogP contribution in [0.25, 0.3) is 16.6 Å². The Morgan fingerprint density at radius 3 is 2.59 bits per heavy atom. The third-order valence-corrected chi connectivity index (χ3v) is 8.37. The Kier molecular flexibility index (Phi) is 5.31. The number of hydrogen-bond donors (Lipinski definition) is 0. The number of carbonyl (C=O) groups is 1. The van der Waals surface area contributed by atoms with Crippen LogP contribution < -0.4 is 4.90 Å². The fraction of sp³-hybridized carbons (Fsp3) is 0.355. The number of rotatable bonds is 4. The van der Waals surface area contributed by atoms with Crippen LogP contribution in [0.3, 0.4) is 0 Å². The van der Waals surface area contributed by atoms with E-state index >= 15 is 4.39 Å². The van der Waals surface area contributed by atoms with E-state index in [1.807, 2.05) is 41.4 Å². The molecule has 0 radical (unpaired) electrons. The topological polar surface area (TPSA) is 40.9 Å². The second-order valence-corrected chi connectivity index (χ2v) is 10.8. The predicted octanol–water partition coefficient (Wildman–Crippen LogP) is 6.38. The molecule has 1 saturated carbocycles. The van der Waals surface area contributed by atoms with Crippen LogP contribution in [0, 0.1) is 5.82 Å². The maximum Gasteiger partial charge on any atom is 0.273 e. The molecule has 0 spiro atoms. The van der Waals surface area contributed by atoms with Gasteiger partial charge in [-0.25, -0.2) is 9.37 Å². The monoisotopic (exact) mass is 494 g/mol. The highest BCUT2D eigenvalue weighted by Crippen LogP contribution is 2.41. The van der Waals surface area contributed by atoms with E-state index in [1.165, 1.54) is 11.1 Å². The molecule has 1 saturated heterocycles. The van der Waals surface area contributed by atoms with E-state index in [2.05, 4.69) is 34.4 Å². The van der Waals surface area contributed by atoms with Gasteiger partial charge in [-0.2, -0.15) is 0 Å². The Morgan fingerprint density at radius 2 is 1.81 bits per heavy atom. The van der Waals surface area contributed by atoms with Crippen molar-refractivity contribution in [1.29, 1.82) is 0 Å². The molecule has 7 rings (SSSR count). The first-order chi connectivity index (χ1) is 18.1. The molecule has 2 aromatic heterocycles. The number of hydrogen-bond acceptors (Lipinski definition) is 3. The molecule has 2 fully saturated rings. The molecule has 4 heterocycles. The van der Waals surface area contributed by atoms with Crippen molar-refractivity contribution < 1.29 is 9.18 Å². The molecule has 1 amide bonds. The van der Waals surface area contributed by atoms with Gasteiger partial charge in [0.05, 0.1) is 6.04 Å². The molecule has 4 aromatic rings. The fourth-order valence-corrected chi connectivity index (χ4v) is 6.13. The van der Waals surface area contributed by atoms with Crippen molar-refractivity contribution in [1.82, 2.24) is 14.3 Å². The van der Waals surface area contributed by atoms with Crippen LogP contribution in [0.1, 0.15) is 72.0 Å².